The molecule has 0 saturated carbocycles. The standard InChI is InChI=1S/C21H30NO6P/c1-7-26-21(23)18-14(4)22-15(5)20(29(24,27-8-2)28-9-3)19(18)16-10-12-17(25-6)13-11-16/h10-13,19,22H,7-9H2,1-6H3. The second-order valence-electron chi connectivity index (χ2n) is 6.43. The van der Waals surface area contributed by atoms with Gasteiger partial charge in [0.05, 0.1) is 43.7 Å². The molecule has 1 N–H and O–H groups in total. The van der Waals surface area contributed by atoms with Crippen LogP contribution in [0.4, 0.5) is 0 Å². The lowest BCUT2D eigenvalue weighted by Gasteiger charge is -2.34. The Kier molecular flexibility index (Phi) is 8.08. The Balaban J connectivity index is 2.72. The summed E-state index contributed by atoms with van der Waals surface area (Å²) in [6.07, 6.45) is 0. The van der Waals surface area contributed by atoms with Crippen LogP contribution in [0.3, 0.4) is 0 Å². The first-order chi connectivity index (χ1) is 13.8. The zero-order valence-electron chi connectivity index (χ0n) is 17.9. The average Bonchev–Trinajstić information content (AvgIpc) is 2.67. The number of carbonyl (C=O) groups is 1. The minimum atomic E-state index is -3.67. The molecule has 1 aromatic carbocycles. The number of esters is 1. The Morgan fingerprint density at radius 2 is 1.59 bits per heavy atom. The summed E-state index contributed by atoms with van der Waals surface area (Å²) in [6, 6.07) is 7.29. The van der Waals surface area contributed by atoms with Crippen molar-refractivity contribution in [1.82, 2.24) is 5.32 Å². The summed E-state index contributed by atoms with van der Waals surface area (Å²) < 4.78 is 35.6. The molecule has 2 rings (SSSR count). The van der Waals surface area contributed by atoms with Gasteiger partial charge in [0, 0.05) is 11.4 Å². The number of rotatable bonds is 9. The van der Waals surface area contributed by atoms with Gasteiger partial charge in [-0.25, -0.2) is 4.79 Å². The first-order valence-corrected chi connectivity index (χ1v) is 11.3. The highest BCUT2D eigenvalue weighted by molar-refractivity contribution is 7.58. The van der Waals surface area contributed by atoms with E-state index in [1.807, 2.05) is 19.1 Å². The Hall–Kier alpha value is -2.08. The first kappa shape index (κ1) is 23.2. The van der Waals surface area contributed by atoms with E-state index < -0.39 is 19.5 Å². The lowest BCUT2D eigenvalue weighted by Crippen LogP contribution is -2.29. The smallest absolute Gasteiger partial charge is 0.360 e. The molecule has 8 heteroatoms. The molecule has 0 spiro atoms. The first-order valence-electron chi connectivity index (χ1n) is 9.72. The van der Waals surface area contributed by atoms with Gasteiger partial charge >= 0.3 is 13.6 Å². The third-order valence-electron chi connectivity index (χ3n) is 4.56. The average molecular weight is 423 g/mol. The van der Waals surface area contributed by atoms with E-state index in [1.54, 1.807) is 46.9 Å². The molecule has 1 heterocycles. The van der Waals surface area contributed by atoms with Gasteiger partial charge in [-0.2, -0.15) is 0 Å². The maximum Gasteiger partial charge on any atom is 0.360 e. The fraction of sp³-hybridized carbons (Fsp3) is 0.476. The number of hydrogen-bond acceptors (Lipinski definition) is 7. The van der Waals surface area contributed by atoms with Crippen LogP contribution in [0.15, 0.2) is 46.5 Å². The van der Waals surface area contributed by atoms with Crippen molar-refractivity contribution in [3.8, 4) is 5.75 Å². The van der Waals surface area contributed by atoms with E-state index in [9.17, 15) is 9.36 Å². The van der Waals surface area contributed by atoms with Crippen molar-refractivity contribution in [2.24, 2.45) is 0 Å². The van der Waals surface area contributed by atoms with Crippen LogP contribution in [0, 0.1) is 0 Å². The molecule has 1 aliphatic heterocycles. The number of benzene rings is 1. The molecule has 0 aliphatic carbocycles. The van der Waals surface area contributed by atoms with Gasteiger partial charge in [-0.15, -0.1) is 0 Å². The molecule has 160 valence electrons. The Morgan fingerprint density at radius 1 is 1.00 bits per heavy atom. The van der Waals surface area contributed by atoms with Crippen LogP contribution in [0.5, 0.6) is 5.75 Å². The monoisotopic (exact) mass is 423 g/mol. The minimum absolute atomic E-state index is 0.209. The van der Waals surface area contributed by atoms with Crippen molar-refractivity contribution < 1.29 is 27.9 Å². The molecule has 0 saturated heterocycles. The topological polar surface area (TPSA) is 83.1 Å². The number of carbonyl (C=O) groups excluding carboxylic acids is 1. The van der Waals surface area contributed by atoms with Crippen LogP contribution in [-0.2, 0) is 23.1 Å². The van der Waals surface area contributed by atoms with Gasteiger partial charge < -0.3 is 23.8 Å². The predicted octanol–water partition coefficient (Wildman–Crippen LogP) is 4.72. The molecule has 0 bridgehead atoms. The van der Waals surface area contributed by atoms with Gasteiger partial charge in [0.15, 0.2) is 0 Å². The van der Waals surface area contributed by atoms with Crippen LogP contribution in [0.1, 0.15) is 46.1 Å². The van der Waals surface area contributed by atoms with Gasteiger partial charge in [-0.1, -0.05) is 12.1 Å². The molecule has 0 fully saturated rings. The highest BCUT2D eigenvalue weighted by Gasteiger charge is 2.44. The van der Waals surface area contributed by atoms with Crippen molar-refractivity contribution in [2.45, 2.75) is 40.5 Å². The lowest BCUT2D eigenvalue weighted by atomic mass is 9.86. The molecule has 29 heavy (non-hydrogen) atoms. The highest BCUT2D eigenvalue weighted by Crippen LogP contribution is 2.64. The Morgan fingerprint density at radius 3 is 2.07 bits per heavy atom. The Labute approximate surface area is 172 Å². The van der Waals surface area contributed by atoms with Crippen molar-refractivity contribution in [1.29, 1.82) is 0 Å². The zero-order chi connectivity index (χ0) is 21.6. The number of ether oxygens (including phenoxy) is 2. The largest absolute Gasteiger partial charge is 0.497 e. The third-order valence-corrected chi connectivity index (χ3v) is 6.94. The maximum atomic E-state index is 13.8. The summed E-state index contributed by atoms with van der Waals surface area (Å²) in [4.78, 5) is 12.9. The molecular weight excluding hydrogens is 393 g/mol. The summed E-state index contributed by atoms with van der Waals surface area (Å²) >= 11 is 0. The van der Waals surface area contributed by atoms with E-state index >= 15 is 0 Å². The molecule has 0 amide bonds. The van der Waals surface area contributed by atoms with Gasteiger partial charge in [-0.05, 0) is 52.3 Å². The second kappa shape index (κ2) is 10.1. The van der Waals surface area contributed by atoms with Crippen molar-refractivity contribution >= 4 is 13.6 Å². The number of nitrogens with one attached hydrogen (secondary N) is 1. The molecule has 1 aliphatic rings. The van der Waals surface area contributed by atoms with E-state index in [4.69, 9.17) is 18.5 Å². The Bertz CT molecular complexity index is 833. The fourth-order valence-corrected chi connectivity index (χ4v) is 5.56. The normalized spacial score (nSPS) is 17.2. The van der Waals surface area contributed by atoms with Crippen LogP contribution < -0.4 is 10.1 Å². The van der Waals surface area contributed by atoms with Gasteiger partial charge in [-0.3, -0.25) is 4.57 Å². The number of methoxy groups -OCH3 is 1. The molecule has 1 atom stereocenters. The number of dihydropyridines is 1. The van der Waals surface area contributed by atoms with Gasteiger partial charge in [0.2, 0.25) is 0 Å². The van der Waals surface area contributed by atoms with Gasteiger partial charge in [0.1, 0.15) is 5.75 Å². The minimum Gasteiger partial charge on any atom is -0.497 e. The molecule has 0 aromatic heterocycles. The van der Waals surface area contributed by atoms with E-state index in [-0.39, 0.29) is 19.8 Å². The second-order valence-corrected chi connectivity index (χ2v) is 8.43. The van der Waals surface area contributed by atoms with Crippen molar-refractivity contribution in [2.75, 3.05) is 26.9 Å². The summed E-state index contributed by atoms with van der Waals surface area (Å²) in [5, 5.41) is 3.58. The predicted molar refractivity (Wildman–Crippen MR) is 112 cm³/mol. The van der Waals surface area contributed by atoms with E-state index in [1.165, 1.54) is 0 Å². The number of hydrogen-bond donors (Lipinski definition) is 1. The molecule has 7 nitrogen and oxygen atoms in total. The molecule has 1 unspecified atom stereocenters. The van der Waals surface area contributed by atoms with Crippen LogP contribution in [0.2, 0.25) is 0 Å². The molecular formula is C21H30NO6P. The summed E-state index contributed by atoms with van der Waals surface area (Å²) in [5.41, 5.74) is 2.44. The summed E-state index contributed by atoms with van der Waals surface area (Å²) in [6.45, 7) is 9.53. The summed E-state index contributed by atoms with van der Waals surface area (Å²) in [5.74, 6) is -0.422. The quantitative estimate of drug-likeness (QED) is 0.455. The van der Waals surface area contributed by atoms with Crippen molar-refractivity contribution in [3.05, 3.63) is 52.1 Å². The van der Waals surface area contributed by atoms with Crippen molar-refractivity contribution in [3.63, 3.8) is 0 Å². The van der Waals surface area contributed by atoms with Gasteiger partial charge in [0.25, 0.3) is 0 Å². The number of allylic oxidation sites excluding steroid dienone is 3. The summed E-state index contributed by atoms with van der Waals surface area (Å²) in [7, 11) is -2.09. The maximum absolute atomic E-state index is 13.8. The SMILES string of the molecule is CCOC(=O)C1=C(C)NC(C)=C(P(=O)(OCC)OCC)C1c1ccc(OC)cc1. The van der Waals surface area contributed by atoms with Crippen LogP contribution in [-0.4, -0.2) is 32.9 Å². The fourth-order valence-electron chi connectivity index (χ4n) is 3.46. The van der Waals surface area contributed by atoms with Crippen LogP contribution >= 0.6 is 7.60 Å². The lowest BCUT2D eigenvalue weighted by molar-refractivity contribution is -0.138. The highest BCUT2D eigenvalue weighted by atomic mass is 31.2. The van der Waals surface area contributed by atoms with E-state index in [0.717, 1.165) is 5.56 Å². The van der Waals surface area contributed by atoms with E-state index in [2.05, 4.69) is 5.32 Å². The molecule has 0 radical (unpaired) electrons. The zero-order valence-corrected chi connectivity index (χ0v) is 18.8. The molecule has 1 aromatic rings. The van der Waals surface area contributed by atoms with E-state index in [0.29, 0.717) is 28.0 Å². The third kappa shape index (κ3) is 4.92. The van der Waals surface area contributed by atoms with Crippen LogP contribution in [0.25, 0.3) is 0 Å².